The number of imidazole rings is 1. The molecule has 0 fully saturated rings. The number of carbonyl (C=O) groups excluding carboxylic acids is 1. The Kier molecular flexibility index (Phi) is 2.25. The molecule has 0 bridgehead atoms. The van der Waals surface area contributed by atoms with Crippen molar-refractivity contribution < 1.29 is 4.79 Å². The van der Waals surface area contributed by atoms with Crippen molar-refractivity contribution in [3.63, 3.8) is 0 Å². The first kappa shape index (κ1) is 9.21. The highest BCUT2D eigenvalue weighted by molar-refractivity contribution is 5.73. The van der Waals surface area contributed by atoms with Crippen LogP contribution in [-0.4, -0.2) is 27.3 Å². The van der Waals surface area contributed by atoms with E-state index in [1.165, 1.54) is 0 Å². The van der Waals surface area contributed by atoms with E-state index in [1.807, 2.05) is 0 Å². The Morgan fingerprint density at radius 2 is 2.50 bits per heavy atom. The Morgan fingerprint density at radius 3 is 3.14 bits per heavy atom. The number of amides is 1. The summed E-state index contributed by atoms with van der Waals surface area (Å²) in [4.78, 5) is 20.4. The normalized spacial score (nSPS) is 15.4. The zero-order chi connectivity index (χ0) is 10.1. The van der Waals surface area contributed by atoms with Crippen molar-refractivity contribution in [2.24, 2.45) is 5.73 Å². The van der Waals surface area contributed by atoms with Crippen LogP contribution < -0.4 is 5.73 Å². The number of hydrogen-bond acceptors (Lipinski definition) is 3. The summed E-state index contributed by atoms with van der Waals surface area (Å²) in [7, 11) is 0. The van der Waals surface area contributed by atoms with Gasteiger partial charge in [-0.05, 0) is 0 Å². The molecule has 1 aromatic heterocycles. The molecule has 1 aliphatic heterocycles. The van der Waals surface area contributed by atoms with Crippen LogP contribution in [0.25, 0.3) is 0 Å². The van der Waals surface area contributed by atoms with Gasteiger partial charge in [-0.25, -0.2) is 4.98 Å². The van der Waals surface area contributed by atoms with Crippen LogP contribution in [-0.2, 0) is 24.3 Å². The van der Waals surface area contributed by atoms with Crippen molar-refractivity contribution in [1.29, 1.82) is 0 Å². The van der Waals surface area contributed by atoms with E-state index in [-0.39, 0.29) is 5.91 Å². The molecule has 0 spiro atoms. The summed E-state index contributed by atoms with van der Waals surface area (Å²) in [6.45, 7) is 3.41. The van der Waals surface area contributed by atoms with E-state index in [9.17, 15) is 4.79 Å². The van der Waals surface area contributed by atoms with Gasteiger partial charge in [0.2, 0.25) is 5.91 Å². The van der Waals surface area contributed by atoms with Gasteiger partial charge in [0, 0.05) is 19.9 Å². The maximum atomic E-state index is 11.2. The Labute approximate surface area is 82.3 Å². The molecule has 5 nitrogen and oxygen atoms in total. The van der Waals surface area contributed by atoms with Gasteiger partial charge in [-0.1, -0.05) is 0 Å². The van der Waals surface area contributed by atoms with Crippen molar-refractivity contribution in [3.8, 4) is 0 Å². The van der Waals surface area contributed by atoms with E-state index >= 15 is 0 Å². The summed E-state index contributed by atoms with van der Waals surface area (Å²) in [5, 5.41) is 0. The Morgan fingerprint density at radius 1 is 1.71 bits per heavy atom. The number of H-pyrrole nitrogens is 1. The van der Waals surface area contributed by atoms with Gasteiger partial charge in [0.25, 0.3) is 0 Å². The molecule has 0 saturated heterocycles. The number of hydrogen-bond donors (Lipinski definition) is 2. The molecular formula is C9H14N4O. The molecule has 0 unspecified atom stereocenters. The van der Waals surface area contributed by atoms with Crippen molar-refractivity contribution in [3.05, 3.63) is 17.2 Å². The third-order valence-electron chi connectivity index (χ3n) is 2.52. The zero-order valence-electron chi connectivity index (χ0n) is 8.21. The summed E-state index contributed by atoms with van der Waals surface area (Å²) in [6, 6.07) is 0. The quantitative estimate of drug-likeness (QED) is 0.648. The highest BCUT2D eigenvalue weighted by Crippen LogP contribution is 2.16. The average Bonchev–Trinajstić information content (AvgIpc) is 2.58. The van der Waals surface area contributed by atoms with Crippen LogP contribution in [0.4, 0.5) is 0 Å². The molecule has 0 aliphatic carbocycles. The zero-order valence-corrected chi connectivity index (χ0v) is 8.21. The van der Waals surface area contributed by atoms with E-state index < -0.39 is 0 Å². The van der Waals surface area contributed by atoms with Crippen LogP contribution in [0.1, 0.15) is 24.1 Å². The minimum atomic E-state index is 0.111. The van der Waals surface area contributed by atoms with Gasteiger partial charge < -0.3 is 15.6 Å². The van der Waals surface area contributed by atoms with Gasteiger partial charge in [0.1, 0.15) is 5.82 Å². The largest absolute Gasteiger partial charge is 0.343 e. The minimum absolute atomic E-state index is 0.111. The molecule has 76 valence electrons. The summed E-state index contributed by atoms with van der Waals surface area (Å²) in [5.41, 5.74) is 7.57. The second-order valence-electron chi connectivity index (χ2n) is 3.50. The third kappa shape index (κ3) is 1.50. The summed E-state index contributed by atoms with van der Waals surface area (Å²) >= 11 is 0. The van der Waals surface area contributed by atoms with Gasteiger partial charge >= 0.3 is 0 Å². The van der Waals surface area contributed by atoms with E-state index in [4.69, 9.17) is 5.73 Å². The van der Waals surface area contributed by atoms with Gasteiger partial charge in [-0.2, -0.15) is 0 Å². The number of aromatic amines is 1. The van der Waals surface area contributed by atoms with Crippen molar-refractivity contribution >= 4 is 5.91 Å². The van der Waals surface area contributed by atoms with Crippen LogP contribution in [0.15, 0.2) is 0 Å². The minimum Gasteiger partial charge on any atom is -0.343 e. The molecule has 2 rings (SSSR count). The third-order valence-corrected chi connectivity index (χ3v) is 2.52. The van der Waals surface area contributed by atoms with Crippen molar-refractivity contribution in [1.82, 2.24) is 14.9 Å². The Bertz CT molecular complexity index is 358. The molecule has 0 saturated carbocycles. The number of aromatic nitrogens is 2. The second kappa shape index (κ2) is 3.42. The van der Waals surface area contributed by atoms with Gasteiger partial charge in [-0.3, -0.25) is 4.79 Å². The lowest BCUT2D eigenvalue weighted by Crippen LogP contribution is -2.34. The molecule has 0 radical (unpaired) electrons. The molecule has 5 heteroatoms. The standard InChI is InChI=1S/C9H14N4O/c1-6(14)13-3-2-7-8(5-13)12-9(4-10)11-7/h2-5,10H2,1H3,(H,11,12). The van der Waals surface area contributed by atoms with Crippen LogP contribution in [0.3, 0.4) is 0 Å². The number of rotatable bonds is 1. The molecule has 1 amide bonds. The SMILES string of the molecule is CC(=O)N1CCc2nc(CN)[nH]c2C1. The summed E-state index contributed by atoms with van der Waals surface area (Å²) in [5.74, 6) is 0.917. The van der Waals surface area contributed by atoms with Gasteiger partial charge in [0.15, 0.2) is 0 Å². The molecular weight excluding hydrogens is 180 g/mol. The molecule has 2 heterocycles. The van der Waals surface area contributed by atoms with Gasteiger partial charge in [0.05, 0.1) is 24.5 Å². The molecule has 14 heavy (non-hydrogen) atoms. The summed E-state index contributed by atoms with van der Waals surface area (Å²) < 4.78 is 0. The lowest BCUT2D eigenvalue weighted by atomic mass is 10.1. The molecule has 0 atom stereocenters. The van der Waals surface area contributed by atoms with Crippen LogP contribution >= 0.6 is 0 Å². The Hall–Kier alpha value is -1.36. The molecule has 1 aliphatic rings. The first-order valence-electron chi connectivity index (χ1n) is 4.73. The maximum absolute atomic E-state index is 11.2. The monoisotopic (exact) mass is 194 g/mol. The first-order valence-corrected chi connectivity index (χ1v) is 4.73. The number of nitrogens with one attached hydrogen (secondary N) is 1. The van der Waals surface area contributed by atoms with E-state index in [0.29, 0.717) is 13.1 Å². The molecule has 1 aromatic rings. The lowest BCUT2D eigenvalue weighted by Gasteiger charge is -2.24. The first-order chi connectivity index (χ1) is 6.70. The van der Waals surface area contributed by atoms with E-state index in [0.717, 1.165) is 30.2 Å². The van der Waals surface area contributed by atoms with Crippen LogP contribution in [0, 0.1) is 0 Å². The predicted octanol–water partition coefficient (Wildman–Crippen LogP) is -0.227. The van der Waals surface area contributed by atoms with Crippen LogP contribution in [0.5, 0.6) is 0 Å². The predicted molar refractivity (Wildman–Crippen MR) is 51.3 cm³/mol. The topological polar surface area (TPSA) is 75.0 Å². The Balaban J connectivity index is 2.21. The van der Waals surface area contributed by atoms with Gasteiger partial charge in [-0.15, -0.1) is 0 Å². The highest BCUT2D eigenvalue weighted by atomic mass is 16.2. The fourth-order valence-corrected chi connectivity index (χ4v) is 1.72. The smallest absolute Gasteiger partial charge is 0.219 e. The number of nitrogens with two attached hydrogens (primary N) is 1. The summed E-state index contributed by atoms with van der Waals surface area (Å²) in [6.07, 6.45) is 0.825. The van der Waals surface area contributed by atoms with E-state index in [2.05, 4.69) is 9.97 Å². The average molecular weight is 194 g/mol. The number of fused-ring (bicyclic) bond motifs is 1. The molecule has 0 aromatic carbocycles. The van der Waals surface area contributed by atoms with E-state index in [1.54, 1.807) is 11.8 Å². The van der Waals surface area contributed by atoms with Crippen LogP contribution in [0.2, 0.25) is 0 Å². The number of nitrogens with zero attached hydrogens (tertiary/aromatic N) is 2. The molecule has 3 N–H and O–H groups in total. The van der Waals surface area contributed by atoms with Crippen molar-refractivity contribution in [2.45, 2.75) is 26.4 Å². The fraction of sp³-hybridized carbons (Fsp3) is 0.556. The second-order valence-corrected chi connectivity index (χ2v) is 3.50. The highest BCUT2D eigenvalue weighted by Gasteiger charge is 2.20. The number of carbonyl (C=O) groups is 1. The fourth-order valence-electron chi connectivity index (χ4n) is 1.72. The lowest BCUT2D eigenvalue weighted by molar-refractivity contribution is -0.129. The maximum Gasteiger partial charge on any atom is 0.219 e. The van der Waals surface area contributed by atoms with Crippen molar-refractivity contribution in [2.75, 3.05) is 6.54 Å².